The lowest BCUT2D eigenvalue weighted by Crippen LogP contribution is -2.21. The van der Waals surface area contributed by atoms with Crippen LogP contribution >= 0.6 is 11.8 Å². The zero-order valence-electron chi connectivity index (χ0n) is 10.2. The largest absolute Gasteiger partial charge is 0.392 e. The van der Waals surface area contributed by atoms with Crippen molar-refractivity contribution in [2.24, 2.45) is 7.05 Å². The van der Waals surface area contributed by atoms with E-state index in [4.69, 9.17) is 0 Å². The molecule has 1 aliphatic heterocycles. The molecule has 0 bridgehead atoms. The molecule has 1 aromatic heterocycles. The van der Waals surface area contributed by atoms with E-state index in [1.807, 2.05) is 37.1 Å². The van der Waals surface area contributed by atoms with E-state index in [1.165, 1.54) is 10.5 Å². The summed E-state index contributed by atoms with van der Waals surface area (Å²) < 4.78 is 1.67. The summed E-state index contributed by atoms with van der Waals surface area (Å²) in [6, 6.07) is 8.31. The highest BCUT2D eigenvalue weighted by Crippen LogP contribution is 2.41. The second-order valence-electron chi connectivity index (χ2n) is 4.61. The zero-order valence-corrected chi connectivity index (χ0v) is 11.0. The monoisotopic (exact) mass is 261 g/mol. The van der Waals surface area contributed by atoms with Crippen LogP contribution in [0.4, 0.5) is 0 Å². The van der Waals surface area contributed by atoms with Gasteiger partial charge in [0.15, 0.2) is 0 Å². The van der Waals surface area contributed by atoms with Crippen molar-refractivity contribution < 1.29 is 5.11 Å². The summed E-state index contributed by atoms with van der Waals surface area (Å²) in [6.07, 6.45) is 2.03. The molecule has 94 valence electrons. The summed E-state index contributed by atoms with van der Waals surface area (Å²) >= 11 is 1.82. The van der Waals surface area contributed by atoms with Crippen LogP contribution < -0.4 is 0 Å². The number of hydrogen-bond acceptors (Lipinski definition) is 4. The number of nitrogens with zero attached hydrogens (tertiary/aromatic N) is 3. The van der Waals surface area contributed by atoms with Crippen LogP contribution in [0.1, 0.15) is 17.2 Å². The lowest BCUT2D eigenvalue weighted by atomic mass is 9.93. The van der Waals surface area contributed by atoms with Crippen LogP contribution in [0.25, 0.3) is 0 Å². The first kappa shape index (κ1) is 11.7. The number of aliphatic hydroxyl groups excluding tert-OH is 1. The van der Waals surface area contributed by atoms with E-state index < -0.39 is 6.10 Å². The van der Waals surface area contributed by atoms with Crippen molar-refractivity contribution in [2.75, 3.05) is 5.75 Å². The highest BCUT2D eigenvalue weighted by Gasteiger charge is 2.29. The zero-order chi connectivity index (χ0) is 12.5. The molecular weight excluding hydrogens is 246 g/mol. The van der Waals surface area contributed by atoms with Gasteiger partial charge >= 0.3 is 0 Å². The van der Waals surface area contributed by atoms with E-state index in [0.717, 1.165) is 11.4 Å². The summed E-state index contributed by atoms with van der Waals surface area (Å²) in [7, 11) is 1.84. The Balaban J connectivity index is 1.76. The predicted octanol–water partition coefficient (Wildman–Crippen LogP) is 1.61. The van der Waals surface area contributed by atoms with Crippen molar-refractivity contribution in [1.29, 1.82) is 0 Å². The maximum Gasteiger partial charge on any atom is 0.0852 e. The van der Waals surface area contributed by atoms with E-state index in [2.05, 4.69) is 22.4 Å². The molecule has 3 rings (SSSR count). The standard InChI is InChI=1S/C13H15N3OS/c1-16-7-9(14-15-16)6-12(17)11-8-18-13-5-3-2-4-10(11)13/h2-5,7,11-12,17H,6,8H2,1H3. The van der Waals surface area contributed by atoms with Gasteiger partial charge in [-0.2, -0.15) is 0 Å². The Morgan fingerprint density at radius 2 is 2.33 bits per heavy atom. The Bertz CT molecular complexity index is 555. The number of aryl methyl sites for hydroxylation is 1. The molecule has 2 aromatic rings. The van der Waals surface area contributed by atoms with E-state index in [-0.39, 0.29) is 5.92 Å². The number of hydrogen-bond donors (Lipinski definition) is 1. The Morgan fingerprint density at radius 3 is 3.11 bits per heavy atom. The topological polar surface area (TPSA) is 50.9 Å². The van der Waals surface area contributed by atoms with Gasteiger partial charge in [0.25, 0.3) is 0 Å². The van der Waals surface area contributed by atoms with Crippen LogP contribution in [0, 0.1) is 0 Å². The minimum atomic E-state index is -0.391. The van der Waals surface area contributed by atoms with Gasteiger partial charge < -0.3 is 5.11 Å². The summed E-state index contributed by atoms with van der Waals surface area (Å²) in [5.41, 5.74) is 2.11. The Hall–Kier alpha value is -1.33. The van der Waals surface area contributed by atoms with Gasteiger partial charge in [0.2, 0.25) is 0 Å². The second kappa shape index (κ2) is 4.74. The van der Waals surface area contributed by atoms with Crippen LogP contribution in [-0.2, 0) is 13.5 Å². The first-order chi connectivity index (χ1) is 8.74. The summed E-state index contributed by atoms with van der Waals surface area (Å²) in [6.45, 7) is 0. The first-order valence-electron chi connectivity index (χ1n) is 5.99. The van der Waals surface area contributed by atoms with Crippen molar-refractivity contribution >= 4 is 11.8 Å². The van der Waals surface area contributed by atoms with Gasteiger partial charge in [0.1, 0.15) is 0 Å². The minimum absolute atomic E-state index is 0.202. The summed E-state index contributed by atoms with van der Waals surface area (Å²) in [5.74, 6) is 1.15. The Morgan fingerprint density at radius 1 is 1.50 bits per heavy atom. The fourth-order valence-corrected chi connectivity index (χ4v) is 3.67. The molecule has 2 atom stereocenters. The van der Waals surface area contributed by atoms with Crippen LogP contribution in [0.5, 0.6) is 0 Å². The molecule has 1 N–H and O–H groups in total. The third-order valence-corrected chi connectivity index (χ3v) is 4.48. The maximum atomic E-state index is 10.4. The Labute approximate surface area is 110 Å². The van der Waals surface area contributed by atoms with Crippen LogP contribution in [-0.4, -0.2) is 32.0 Å². The molecule has 1 aliphatic rings. The normalized spacial score (nSPS) is 19.8. The quantitative estimate of drug-likeness (QED) is 0.912. The number of fused-ring (bicyclic) bond motifs is 1. The molecule has 0 radical (unpaired) electrons. The first-order valence-corrected chi connectivity index (χ1v) is 6.97. The summed E-state index contributed by atoms with van der Waals surface area (Å²) in [4.78, 5) is 1.29. The number of rotatable bonds is 3. The lowest BCUT2D eigenvalue weighted by Gasteiger charge is -2.17. The van der Waals surface area contributed by atoms with Gasteiger partial charge in [-0.15, -0.1) is 16.9 Å². The molecule has 0 aliphatic carbocycles. The highest BCUT2D eigenvalue weighted by atomic mass is 32.2. The molecular formula is C13H15N3OS. The van der Waals surface area contributed by atoms with Crippen LogP contribution in [0.3, 0.4) is 0 Å². The van der Waals surface area contributed by atoms with Gasteiger partial charge in [0.05, 0.1) is 11.8 Å². The molecule has 0 amide bonds. The van der Waals surface area contributed by atoms with Gasteiger partial charge in [-0.25, -0.2) is 0 Å². The lowest BCUT2D eigenvalue weighted by molar-refractivity contribution is 0.150. The smallest absolute Gasteiger partial charge is 0.0852 e. The molecule has 5 heteroatoms. The van der Waals surface area contributed by atoms with Gasteiger partial charge in [-0.3, -0.25) is 4.68 Å². The molecule has 1 aromatic carbocycles. The van der Waals surface area contributed by atoms with E-state index in [9.17, 15) is 5.11 Å². The maximum absolute atomic E-state index is 10.4. The number of benzene rings is 1. The SMILES string of the molecule is Cn1cc(CC(O)C2CSc3ccccc32)nn1. The second-order valence-corrected chi connectivity index (χ2v) is 5.67. The third-order valence-electron chi connectivity index (χ3n) is 3.27. The van der Waals surface area contributed by atoms with Crippen molar-refractivity contribution in [1.82, 2.24) is 15.0 Å². The molecule has 0 saturated heterocycles. The molecule has 0 saturated carbocycles. The molecule has 4 nitrogen and oxygen atoms in total. The number of aromatic nitrogens is 3. The molecule has 18 heavy (non-hydrogen) atoms. The van der Waals surface area contributed by atoms with Crippen molar-refractivity contribution in [3.63, 3.8) is 0 Å². The third kappa shape index (κ3) is 2.15. The predicted molar refractivity (Wildman–Crippen MR) is 70.6 cm³/mol. The fraction of sp³-hybridized carbons (Fsp3) is 0.385. The highest BCUT2D eigenvalue weighted by molar-refractivity contribution is 7.99. The minimum Gasteiger partial charge on any atom is -0.392 e. The van der Waals surface area contributed by atoms with Crippen LogP contribution in [0.2, 0.25) is 0 Å². The Kier molecular flexibility index (Phi) is 3.09. The van der Waals surface area contributed by atoms with Crippen molar-refractivity contribution in [3.05, 3.63) is 41.7 Å². The van der Waals surface area contributed by atoms with Crippen LogP contribution in [0.15, 0.2) is 35.4 Å². The molecule has 2 heterocycles. The van der Waals surface area contributed by atoms with E-state index >= 15 is 0 Å². The summed E-state index contributed by atoms with van der Waals surface area (Å²) in [5, 5.41) is 18.3. The number of thioether (sulfide) groups is 1. The van der Waals surface area contributed by atoms with Crippen molar-refractivity contribution in [2.45, 2.75) is 23.3 Å². The van der Waals surface area contributed by atoms with Crippen molar-refractivity contribution in [3.8, 4) is 0 Å². The molecule has 0 fully saturated rings. The fourth-order valence-electron chi connectivity index (χ4n) is 2.35. The average molecular weight is 261 g/mol. The van der Waals surface area contributed by atoms with E-state index in [0.29, 0.717) is 6.42 Å². The average Bonchev–Trinajstić information content (AvgIpc) is 2.95. The van der Waals surface area contributed by atoms with Gasteiger partial charge in [0, 0.05) is 36.2 Å². The number of aliphatic hydroxyl groups is 1. The van der Waals surface area contributed by atoms with Gasteiger partial charge in [-0.05, 0) is 11.6 Å². The molecule has 2 unspecified atom stereocenters. The molecule has 0 spiro atoms. The van der Waals surface area contributed by atoms with Gasteiger partial charge in [-0.1, -0.05) is 23.4 Å². The van der Waals surface area contributed by atoms with E-state index in [1.54, 1.807) is 4.68 Å².